The van der Waals surface area contributed by atoms with E-state index in [1.165, 1.54) is 6.20 Å². The number of likely N-dealkylation sites (tertiary alicyclic amines) is 1. The first-order chi connectivity index (χ1) is 13.5. The predicted octanol–water partition coefficient (Wildman–Crippen LogP) is 2.20. The zero-order valence-corrected chi connectivity index (χ0v) is 16.2. The van der Waals surface area contributed by atoms with E-state index in [9.17, 15) is 9.59 Å². The van der Waals surface area contributed by atoms with Crippen LogP contribution >= 0.6 is 0 Å². The molecule has 1 fully saturated rings. The maximum atomic E-state index is 13.0. The maximum absolute atomic E-state index is 13.0. The van der Waals surface area contributed by atoms with E-state index < -0.39 is 5.60 Å². The smallest absolute Gasteiger partial charge is 0.274 e. The highest BCUT2D eigenvalue weighted by atomic mass is 16.5. The van der Waals surface area contributed by atoms with Crippen molar-refractivity contribution in [1.82, 2.24) is 19.8 Å². The van der Waals surface area contributed by atoms with Crippen LogP contribution < -0.4 is 4.74 Å². The lowest BCUT2D eigenvalue weighted by Crippen LogP contribution is -2.58. The molecule has 1 aromatic carbocycles. The van der Waals surface area contributed by atoms with Crippen molar-refractivity contribution in [3.05, 3.63) is 53.6 Å². The van der Waals surface area contributed by atoms with Crippen molar-refractivity contribution in [2.24, 2.45) is 0 Å². The summed E-state index contributed by atoms with van der Waals surface area (Å²) in [4.78, 5) is 37.2. The van der Waals surface area contributed by atoms with Crippen LogP contribution in [0.1, 0.15) is 41.5 Å². The normalized spacial score (nSPS) is 21.6. The maximum Gasteiger partial charge on any atom is 0.274 e. The fraction of sp³-hybridized carbons (Fsp3) is 0.429. The molecule has 0 aliphatic carbocycles. The number of aromatic nitrogens is 2. The molecule has 7 nitrogen and oxygen atoms in total. The fourth-order valence-corrected chi connectivity index (χ4v) is 3.98. The minimum Gasteiger partial charge on any atom is -0.483 e. The molecule has 1 aromatic heterocycles. The molecule has 28 heavy (non-hydrogen) atoms. The number of nitrogens with zero attached hydrogens (tertiary/aromatic N) is 4. The zero-order chi connectivity index (χ0) is 19.7. The summed E-state index contributed by atoms with van der Waals surface area (Å²) in [6, 6.07) is 7.81. The van der Waals surface area contributed by atoms with Gasteiger partial charge in [-0.3, -0.25) is 14.6 Å². The summed E-state index contributed by atoms with van der Waals surface area (Å²) in [5.74, 6) is 0.644. The number of fused-ring (bicyclic) bond motifs is 1. The van der Waals surface area contributed by atoms with E-state index in [-0.39, 0.29) is 11.8 Å². The van der Waals surface area contributed by atoms with E-state index in [1.807, 2.05) is 36.1 Å². The molecule has 0 unspecified atom stereocenters. The van der Waals surface area contributed by atoms with Crippen LogP contribution in [0.5, 0.6) is 5.75 Å². The summed E-state index contributed by atoms with van der Waals surface area (Å²) >= 11 is 0. The number of benzene rings is 1. The fourth-order valence-electron chi connectivity index (χ4n) is 3.98. The number of para-hydroxylation sites is 1. The second-order valence-corrected chi connectivity index (χ2v) is 7.64. The average Bonchev–Trinajstić information content (AvgIpc) is 2.84. The summed E-state index contributed by atoms with van der Waals surface area (Å²) in [5, 5.41) is 0. The van der Waals surface area contributed by atoms with E-state index in [4.69, 9.17) is 4.74 Å². The number of ether oxygens (including phenoxy) is 1. The van der Waals surface area contributed by atoms with Crippen LogP contribution in [0.4, 0.5) is 0 Å². The first-order valence-corrected chi connectivity index (χ1v) is 9.56. The number of carbonyl (C=O) groups excluding carboxylic acids is 2. The molecule has 2 aliphatic heterocycles. The molecule has 7 heteroatoms. The molecule has 4 rings (SSSR count). The minimum atomic E-state index is -0.621. The number of hydrogen-bond acceptors (Lipinski definition) is 5. The Labute approximate surface area is 164 Å². The third kappa shape index (κ3) is 3.56. The number of hydrogen-bond donors (Lipinski definition) is 0. The van der Waals surface area contributed by atoms with Gasteiger partial charge in [-0.1, -0.05) is 18.2 Å². The van der Waals surface area contributed by atoms with Crippen molar-refractivity contribution in [3.8, 4) is 5.75 Å². The first kappa shape index (κ1) is 18.4. The molecule has 2 amide bonds. The van der Waals surface area contributed by atoms with Gasteiger partial charge in [0.2, 0.25) is 5.91 Å². The summed E-state index contributed by atoms with van der Waals surface area (Å²) in [6.45, 7) is 5.45. The van der Waals surface area contributed by atoms with Crippen molar-refractivity contribution in [1.29, 1.82) is 0 Å². The number of piperidine rings is 1. The number of rotatable bonds is 1. The third-order valence-corrected chi connectivity index (χ3v) is 5.41. The van der Waals surface area contributed by atoms with Crippen LogP contribution in [0.3, 0.4) is 0 Å². The van der Waals surface area contributed by atoms with Crippen molar-refractivity contribution in [2.75, 3.05) is 19.6 Å². The summed E-state index contributed by atoms with van der Waals surface area (Å²) in [6.07, 6.45) is 4.71. The van der Waals surface area contributed by atoms with Crippen molar-refractivity contribution >= 4 is 11.8 Å². The highest BCUT2D eigenvalue weighted by molar-refractivity contribution is 5.92. The van der Waals surface area contributed by atoms with Crippen LogP contribution in [0, 0.1) is 6.92 Å². The van der Waals surface area contributed by atoms with Gasteiger partial charge in [0.1, 0.15) is 17.0 Å². The van der Waals surface area contributed by atoms with Crippen molar-refractivity contribution in [2.45, 2.75) is 38.8 Å². The first-order valence-electron chi connectivity index (χ1n) is 9.56. The highest BCUT2D eigenvalue weighted by Gasteiger charge is 2.43. The standard InChI is InChI=1S/C21H24N4O3/c1-15-10-23-18(11-22-15)20(27)24-9-5-8-21(13-24)14-25(16(2)26)12-17-6-3-4-7-19(17)28-21/h3-4,6-7,10-11H,5,8-9,12-14H2,1-2H3/t21-/m1/s1. The van der Waals surface area contributed by atoms with Crippen LogP contribution in [-0.2, 0) is 11.3 Å². The number of amides is 2. The summed E-state index contributed by atoms with van der Waals surface area (Å²) < 4.78 is 6.48. The molecule has 146 valence electrons. The lowest BCUT2D eigenvalue weighted by molar-refractivity contribution is -0.132. The molecule has 0 saturated carbocycles. The van der Waals surface area contributed by atoms with Crippen LogP contribution in [0.2, 0.25) is 0 Å². The summed E-state index contributed by atoms with van der Waals surface area (Å²) in [5.41, 5.74) is 1.47. The molecule has 1 saturated heterocycles. The van der Waals surface area contributed by atoms with Gasteiger partial charge < -0.3 is 14.5 Å². The van der Waals surface area contributed by atoms with Crippen LogP contribution in [0.15, 0.2) is 36.7 Å². The Balaban J connectivity index is 1.63. The largest absolute Gasteiger partial charge is 0.483 e. The Morgan fingerprint density at radius 2 is 1.89 bits per heavy atom. The van der Waals surface area contributed by atoms with E-state index in [2.05, 4.69) is 9.97 Å². The van der Waals surface area contributed by atoms with Gasteiger partial charge in [0, 0.05) is 31.8 Å². The van der Waals surface area contributed by atoms with Gasteiger partial charge in [0.05, 0.1) is 25.0 Å². The van der Waals surface area contributed by atoms with Gasteiger partial charge in [-0.25, -0.2) is 4.98 Å². The highest BCUT2D eigenvalue weighted by Crippen LogP contribution is 2.35. The zero-order valence-electron chi connectivity index (χ0n) is 16.2. The molecule has 0 bridgehead atoms. The number of aryl methyl sites for hydroxylation is 1. The van der Waals surface area contributed by atoms with E-state index in [0.29, 0.717) is 31.9 Å². The average molecular weight is 380 g/mol. The Hall–Kier alpha value is -2.96. The lowest BCUT2D eigenvalue weighted by atomic mass is 9.91. The Morgan fingerprint density at radius 3 is 2.64 bits per heavy atom. The molecule has 2 aromatic rings. The third-order valence-electron chi connectivity index (χ3n) is 5.41. The monoisotopic (exact) mass is 380 g/mol. The molecular formula is C21H24N4O3. The molecule has 3 heterocycles. The van der Waals surface area contributed by atoms with Gasteiger partial charge in [-0.05, 0) is 25.8 Å². The SMILES string of the molecule is CC(=O)N1Cc2ccccc2O[C@@]2(CCCN(C(=O)c3cnc(C)cn3)C2)C1. The Kier molecular flexibility index (Phi) is 4.75. The molecular weight excluding hydrogens is 356 g/mol. The molecule has 0 N–H and O–H groups in total. The lowest BCUT2D eigenvalue weighted by Gasteiger charge is -2.43. The molecule has 2 aliphatic rings. The van der Waals surface area contributed by atoms with Crippen LogP contribution in [-0.4, -0.2) is 56.8 Å². The quantitative estimate of drug-likeness (QED) is 0.758. The number of carbonyl (C=O) groups is 2. The second kappa shape index (κ2) is 7.22. The van der Waals surface area contributed by atoms with Gasteiger partial charge in [-0.15, -0.1) is 0 Å². The molecule has 1 spiro atoms. The van der Waals surface area contributed by atoms with Gasteiger partial charge in [-0.2, -0.15) is 0 Å². The summed E-state index contributed by atoms with van der Waals surface area (Å²) in [7, 11) is 0. The van der Waals surface area contributed by atoms with Crippen molar-refractivity contribution in [3.63, 3.8) is 0 Å². The topological polar surface area (TPSA) is 75.6 Å². The van der Waals surface area contributed by atoms with Crippen molar-refractivity contribution < 1.29 is 14.3 Å². The second-order valence-electron chi connectivity index (χ2n) is 7.64. The predicted molar refractivity (Wildman–Crippen MR) is 103 cm³/mol. The van der Waals surface area contributed by atoms with Crippen LogP contribution in [0.25, 0.3) is 0 Å². The minimum absolute atomic E-state index is 0.00697. The van der Waals surface area contributed by atoms with Gasteiger partial charge in [0.15, 0.2) is 0 Å². The van der Waals surface area contributed by atoms with E-state index in [0.717, 1.165) is 29.8 Å². The van der Waals surface area contributed by atoms with E-state index >= 15 is 0 Å². The Morgan fingerprint density at radius 1 is 1.11 bits per heavy atom. The Bertz CT molecular complexity index is 899. The van der Waals surface area contributed by atoms with Gasteiger partial charge in [0.25, 0.3) is 5.91 Å². The van der Waals surface area contributed by atoms with E-state index in [1.54, 1.807) is 18.0 Å². The molecule has 1 atom stereocenters. The van der Waals surface area contributed by atoms with Gasteiger partial charge >= 0.3 is 0 Å². The molecule has 0 radical (unpaired) electrons.